The summed E-state index contributed by atoms with van der Waals surface area (Å²) < 4.78 is 0. The summed E-state index contributed by atoms with van der Waals surface area (Å²) in [4.78, 5) is 6.88. The van der Waals surface area contributed by atoms with Crippen molar-refractivity contribution in [3.63, 3.8) is 0 Å². The second kappa shape index (κ2) is 9.27. The number of hydrogen-bond donors (Lipinski definition) is 2. The monoisotopic (exact) mass is 426 g/mol. The summed E-state index contributed by atoms with van der Waals surface area (Å²) in [7, 11) is 0. The van der Waals surface area contributed by atoms with E-state index < -0.39 is 0 Å². The number of nitrogens with two attached hydrogens (primary N) is 1. The van der Waals surface area contributed by atoms with Crippen molar-refractivity contribution in [3.05, 3.63) is 41.5 Å². The summed E-state index contributed by atoms with van der Waals surface area (Å²) in [6.45, 7) is 3.89. The number of nitrogens with one attached hydrogen (secondary N) is 1. The molecule has 5 heteroatoms. The van der Waals surface area contributed by atoms with Gasteiger partial charge in [0.05, 0.1) is 6.54 Å². The predicted octanol–water partition coefficient (Wildman–Crippen LogP) is 3.17. The minimum Gasteiger partial charge on any atom is -0.370 e. The van der Waals surface area contributed by atoms with Crippen molar-refractivity contribution >= 4 is 35.6 Å². The summed E-state index contributed by atoms with van der Waals surface area (Å²) in [5, 5.41) is 3.30. The zero-order valence-corrected chi connectivity index (χ0v) is 16.0. The van der Waals surface area contributed by atoms with E-state index in [-0.39, 0.29) is 24.0 Å². The average molecular weight is 426 g/mol. The van der Waals surface area contributed by atoms with Crippen LogP contribution in [-0.4, -0.2) is 37.0 Å². The molecule has 3 rings (SSSR count). The molecule has 0 spiro atoms. The van der Waals surface area contributed by atoms with Gasteiger partial charge >= 0.3 is 0 Å². The van der Waals surface area contributed by atoms with E-state index in [9.17, 15) is 0 Å². The molecule has 0 aromatic heterocycles. The molecular formula is C18H27IN4. The van der Waals surface area contributed by atoms with E-state index in [0.717, 1.165) is 44.7 Å². The van der Waals surface area contributed by atoms with Crippen LogP contribution in [0.4, 0.5) is 5.69 Å². The highest BCUT2D eigenvalue weighted by molar-refractivity contribution is 14.0. The van der Waals surface area contributed by atoms with Gasteiger partial charge in [-0.3, -0.25) is 9.89 Å². The van der Waals surface area contributed by atoms with E-state index in [1.807, 2.05) is 0 Å². The molecule has 0 saturated carbocycles. The van der Waals surface area contributed by atoms with Gasteiger partial charge in [-0.05, 0) is 49.3 Å². The number of rotatable bonds is 4. The number of hydrogen-bond acceptors (Lipinski definition) is 2. The van der Waals surface area contributed by atoms with Crippen LogP contribution in [0.3, 0.4) is 0 Å². The molecule has 0 bridgehead atoms. The number of halogens is 1. The molecule has 1 aromatic rings. The van der Waals surface area contributed by atoms with Gasteiger partial charge in [-0.15, -0.1) is 24.0 Å². The van der Waals surface area contributed by atoms with Crippen LogP contribution in [-0.2, 0) is 12.8 Å². The molecule has 1 aliphatic heterocycles. The molecule has 1 aromatic carbocycles. The first kappa shape index (κ1) is 18.3. The Labute approximate surface area is 156 Å². The third kappa shape index (κ3) is 5.21. The first-order valence-corrected chi connectivity index (χ1v) is 8.38. The Hall–Kier alpha value is -1.08. The van der Waals surface area contributed by atoms with E-state index in [1.165, 1.54) is 30.4 Å². The molecule has 0 amide bonds. The van der Waals surface area contributed by atoms with Gasteiger partial charge in [0.2, 0.25) is 0 Å². The molecule has 2 aliphatic rings. The Morgan fingerprint density at radius 1 is 1.22 bits per heavy atom. The lowest BCUT2D eigenvalue weighted by Crippen LogP contribution is -2.31. The molecule has 0 fully saturated rings. The van der Waals surface area contributed by atoms with Crippen LogP contribution in [0, 0.1) is 0 Å². The maximum atomic E-state index is 6.06. The second-order valence-electron chi connectivity index (χ2n) is 6.10. The van der Waals surface area contributed by atoms with E-state index in [1.54, 1.807) is 0 Å². The lowest BCUT2D eigenvalue weighted by Gasteiger charge is -2.22. The SMILES string of the molecule is I.NC(=NCCN1CC=CCC1)Nc1cccc2c1CCCC2. The van der Waals surface area contributed by atoms with E-state index >= 15 is 0 Å². The Balaban J connectivity index is 0.00000192. The van der Waals surface area contributed by atoms with Crippen LogP contribution in [0.1, 0.15) is 30.4 Å². The van der Waals surface area contributed by atoms with E-state index in [0.29, 0.717) is 5.96 Å². The fraction of sp³-hybridized carbons (Fsp3) is 0.500. The van der Waals surface area contributed by atoms with Gasteiger partial charge in [0, 0.05) is 25.3 Å². The third-order valence-electron chi connectivity index (χ3n) is 4.50. The number of aliphatic imine (C=N–C) groups is 1. The zero-order chi connectivity index (χ0) is 15.2. The van der Waals surface area contributed by atoms with Gasteiger partial charge in [0.1, 0.15) is 0 Å². The number of fused-ring (bicyclic) bond motifs is 1. The molecule has 23 heavy (non-hydrogen) atoms. The number of guanidine groups is 1. The van der Waals surface area contributed by atoms with Crippen molar-refractivity contribution in [2.45, 2.75) is 32.1 Å². The molecule has 126 valence electrons. The number of anilines is 1. The maximum Gasteiger partial charge on any atom is 0.193 e. The van der Waals surface area contributed by atoms with Crippen molar-refractivity contribution in [3.8, 4) is 0 Å². The molecule has 0 unspecified atom stereocenters. The topological polar surface area (TPSA) is 53.6 Å². The summed E-state index contributed by atoms with van der Waals surface area (Å²) in [6, 6.07) is 6.46. The number of benzene rings is 1. The van der Waals surface area contributed by atoms with Crippen molar-refractivity contribution in [1.29, 1.82) is 0 Å². The van der Waals surface area contributed by atoms with E-state index in [2.05, 4.69) is 45.6 Å². The van der Waals surface area contributed by atoms with Crippen LogP contribution in [0.5, 0.6) is 0 Å². The average Bonchev–Trinajstić information content (AvgIpc) is 2.56. The van der Waals surface area contributed by atoms with Crippen molar-refractivity contribution < 1.29 is 0 Å². The minimum atomic E-state index is 0. The maximum absolute atomic E-state index is 6.06. The normalized spacial score (nSPS) is 18.2. The van der Waals surface area contributed by atoms with Gasteiger partial charge in [-0.2, -0.15) is 0 Å². The largest absolute Gasteiger partial charge is 0.370 e. The fourth-order valence-electron chi connectivity index (χ4n) is 3.28. The molecule has 0 radical (unpaired) electrons. The number of nitrogens with zero attached hydrogens (tertiary/aromatic N) is 2. The Morgan fingerprint density at radius 2 is 2.09 bits per heavy atom. The quantitative estimate of drug-likeness (QED) is 0.337. The highest BCUT2D eigenvalue weighted by atomic mass is 127. The van der Waals surface area contributed by atoms with E-state index in [4.69, 9.17) is 5.73 Å². The van der Waals surface area contributed by atoms with Crippen molar-refractivity contribution in [2.24, 2.45) is 10.7 Å². The van der Waals surface area contributed by atoms with Gasteiger partial charge in [0.25, 0.3) is 0 Å². The fourth-order valence-corrected chi connectivity index (χ4v) is 3.28. The van der Waals surface area contributed by atoms with Crippen LogP contribution in [0.15, 0.2) is 35.3 Å². The smallest absolute Gasteiger partial charge is 0.193 e. The summed E-state index contributed by atoms with van der Waals surface area (Å²) in [6.07, 6.45) is 10.5. The first-order valence-electron chi connectivity index (χ1n) is 8.38. The van der Waals surface area contributed by atoms with Gasteiger partial charge < -0.3 is 11.1 Å². The van der Waals surface area contributed by atoms with Crippen molar-refractivity contribution in [2.75, 3.05) is 31.5 Å². The lowest BCUT2D eigenvalue weighted by molar-refractivity contribution is 0.307. The minimum absolute atomic E-state index is 0. The molecular weight excluding hydrogens is 399 g/mol. The summed E-state index contributed by atoms with van der Waals surface area (Å²) in [5.41, 5.74) is 10.1. The van der Waals surface area contributed by atoms with Crippen LogP contribution < -0.4 is 11.1 Å². The highest BCUT2D eigenvalue weighted by Crippen LogP contribution is 2.27. The first-order chi connectivity index (χ1) is 10.8. The van der Waals surface area contributed by atoms with Crippen LogP contribution >= 0.6 is 24.0 Å². The lowest BCUT2D eigenvalue weighted by atomic mass is 9.90. The van der Waals surface area contributed by atoms with Crippen LogP contribution in [0.25, 0.3) is 0 Å². The molecule has 0 saturated heterocycles. The van der Waals surface area contributed by atoms with Gasteiger partial charge in [-0.25, -0.2) is 0 Å². The zero-order valence-electron chi connectivity index (χ0n) is 13.6. The molecule has 0 atom stereocenters. The summed E-state index contributed by atoms with van der Waals surface area (Å²) >= 11 is 0. The Bertz CT molecular complexity index is 568. The summed E-state index contributed by atoms with van der Waals surface area (Å²) in [5.74, 6) is 0.534. The Kier molecular flexibility index (Phi) is 7.36. The van der Waals surface area contributed by atoms with Crippen LogP contribution in [0.2, 0.25) is 0 Å². The molecule has 1 heterocycles. The standard InChI is InChI=1S/C18H26N4.HI/c19-18(20-11-14-22-12-4-1-5-13-22)21-17-10-6-8-15-7-2-3-9-16(15)17;/h1,4,6,8,10H,2-3,5,7,9,11-14H2,(H3,19,20,21);1H. The highest BCUT2D eigenvalue weighted by Gasteiger charge is 2.13. The van der Waals surface area contributed by atoms with Gasteiger partial charge in [0.15, 0.2) is 5.96 Å². The van der Waals surface area contributed by atoms with Crippen molar-refractivity contribution in [1.82, 2.24) is 4.90 Å². The second-order valence-corrected chi connectivity index (χ2v) is 6.10. The van der Waals surface area contributed by atoms with Gasteiger partial charge in [-0.1, -0.05) is 24.3 Å². The Morgan fingerprint density at radius 3 is 2.91 bits per heavy atom. The molecule has 3 N–H and O–H groups in total. The molecule has 4 nitrogen and oxygen atoms in total. The predicted molar refractivity (Wildman–Crippen MR) is 109 cm³/mol. The number of aryl methyl sites for hydroxylation is 1. The third-order valence-corrected chi connectivity index (χ3v) is 4.50. The molecule has 1 aliphatic carbocycles.